The summed E-state index contributed by atoms with van der Waals surface area (Å²) in [6, 6.07) is 11.2. The summed E-state index contributed by atoms with van der Waals surface area (Å²) in [5, 5.41) is 4.07. The zero-order valence-corrected chi connectivity index (χ0v) is 8.07. The molecule has 2 rings (SSSR count). The largest absolute Gasteiger partial charge is 0.326 e. The van der Waals surface area contributed by atoms with Gasteiger partial charge in [0.05, 0.1) is 11.9 Å². The van der Waals surface area contributed by atoms with E-state index in [1.807, 2.05) is 31.3 Å². The third-order valence-corrected chi connectivity index (χ3v) is 2.22. The number of benzene rings is 1. The Labute approximate surface area is 83.2 Å². The normalized spacial score (nSPS) is 10.4. The van der Waals surface area contributed by atoms with Gasteiger partial charge >= 0.3 is 0 Å². The van der Waals surface area contributed by atoms with E-state index in [-0.39, 0.29) is 0 Å². The lowest BCUT2D eigenvalue weighted by molar-refractivity contribution is 0.776. The van der Waals surface area contributed by atoms with Crippen molar-refractivity contribution in [2.24, 2.45) is 12.8 Å². The van der Waals surface area contributed by atoms with E-state index in [0.717, 1.165) is 16.8 Å². The molecule has 1 heterocycles. The molecule has 2 N–H and O–H groups in total. The van der Waals surface area contributed by atoms with Crippen LogP contribution >= 0.6 is 0 Å². The molecule has 0 saturated heterocycles. The molecule has 0 bridgehead atoms. The number of hydrogen-bond acceptors (Lipinski definition) is 2. The van der Waals surface area contributed by atoms with Crippen molar-refractivity contribution in [1.82, 2.24) is 9.78 Å². The molecule has 1 aromatic heterocycles. The summed E-state index contributed by atoms with van der Waals surface area (Å²) in [5.74, 6) is 0. The fraction of sp³-hybridized carbons (Fsp3) is 0.182. The molecule has 0 aliphatic rings. The van der Waals surface area contributed by atoms with Crippen molar-refractivity contribution in [2.75, 3.05) is 0 Å². The molecule has 0 aliphatic carbocycles. The molecule has 14 heavy (non-hydrogen) atoms. The molecule has 71 valence electrons. The minimum atomic E-state index is 0.579. The van der Waals surface area contributed by atoms with Crippen LogP contribution in [0, 0.1) is 6.07 Å². The Hall–Kier alpha value is -1.61. The average molecular weight is 186 g/mol. The highest BCUT2D eigenvalue weighted by molar-refractivity contribution is 5.58. The van der Waals surface area contributed by atoms with E-state index in [0.29, 0.717) is 6.54 Å². The van der Waals surface area contributed by atoms with Gasteiger partial charge < -0.3 is 5.73 Å². The standard InChI is InChI=1S/C11H12N3/c1-14-11(6-7-13-14)10-4-2-9(8-12)3-5-10/h2-5,7H,8,12H2,1H3. The lowest BCUT2D eigenvalue weighted by atomic mass is 10.1. The van der Waals surface area contributed by atoms with Crippen LogP contribution in [0.5, 0.6) is 0 Å². The second kappa shape index (κ2) is 3.64. The van der Waals surface area contributed by atoms with Gasteiger partial charge in [0.1, 0.15) is 0 Å². The van der Waals surface area contributed by atoms with Gasteiger partial charge in [0.2, 0.25) is 0 Å². The maximum atomic E-state index is 5.52. The van der Waals surface area contributed by atoms with Gasteiger partial charge in [0, 0.05) is 25.2 Å². The highest BCUT2D eigenvalue weighted by atomic mass is 15.2. The molecule has 1 radical (unpaired) electrons. The Balaban J connectivity index is 2.39. The van der Waals surface area contributed by atoms with Gasteiger partial charge in [-0.25, -0.2) is 0 Å². The second-order valence-electron chi connectivity index (χ2n) is 3.16. The summed E-state index contributed by atoms with van der Waals surface area (Å²) in [5.41, 5.74) is 8.77. The monoisotopic (exact) mass is 186 g/mol. The number of hydrogen-bond donors (Lipinski definition) is 1. The maximum Gasteiger partial charge on any atom is 0.0758 e. The summed E-state index contributed by atoms with van der Waals surface area (Å²) in [4.78, 5) is 0. The van der Waals surface area contributed by atoms with Crippen molar-refractivity contribution in [3.63, 3.8) is 0 Å². The van der Waals surface area contributed by atoms with E-state index in [1.165, 1.54) is 0 Å². The summed E-state index contributed by atoms with van der Waals surface area (Å²) >= 11 is 0. The van der Waals surface area contributed by atoms with Crippen LogP contribution in [0.4, 0.5) is 0 Å². The third-order valence-electron chi connectivity index (χ3n) is 2.22. The number of nitrogens with zero attached hydrogens (tertiary/aromatic N) is 2. The van der Waals surface area contributed by atoms with Gasteiger partial charge in [-0.05, 0) is 5.56 Å². The van der Waals surface area contributed by atoms with Gasteiger partial charge in [0.15, 0.2) is 0 Å². The Morgan fingerprint density at radius 1 is 1.36 bits per heavy atom. The van der Waals surface area contributed by atoms with E-state index in [4.69, 9.17) is 5.73 Å². The number of rotatable bonds is 2. The topological polar surface area (TPSA) is 43.8 Å². The molecular weight excluding hydrogens is 174 g/mol. The zero-order chi connectivity index (χ0) is 9.97. The number of aromatic nitrogens is 2. The zero-order valence-electron chi connectivity index (χ0n) is 8.07. The van der Waals surface area contributed by atoms with Crippen molar-refractivity contribution in [3.05, 3.63) is 42.1 Å². The first-order valence-electron chi connectivity index (χ1n) is 4.50. The van der Waals surface area contributed by atoms with Gasteiger partial charge in [0.25, 0.3) is 0 Å². The maximum absolute atomic E-state index is 5.52. The van der Waals surface area contributed by atoms with E-state index in [2.05, 4.69) is 11.2 Å². The smallest absolute Gasteiger partial charge is 0.0758 e. The Bertz CT molecular complexity index is 414. The van der Waals surface area contributed by atoms with Gasteiger partial charge in [-0.2, -0.15) is 5.10 Å². The van der Waals surface area contributed by atoms with Crippen LogP contribution in [0.15, 0.2) is 30.5 Å². The van der Waals surface area contributed by atoms with Crippen molar-refractivity contribution >= 4 is 0 Å². The first-order valence-corrected chi connectivity index (χ1v) is 4.50. The van der Waals surface area contributed by atoms with Crippen LogP contribution in [0.25, 0.3) is 11.3 Å². The molecule has 0 unspecified atom stereocenters. The minimum absolute atomic E-state index is 0.579. The van der Waals surface area contributed by atoms with E-state index in [1.54, 1.807) is 10.9 Å². The summed E-state index contributed by atoms with van der Waals surface area (Å²) in [7, 11) is 1.91. The van der Waals surface area contributed by atoms with Crippen LogP contribution in [0.1, 0.15) is 5.56 Å². The predicted octanol–water partition coefficient (Wildman–Crippen LogP) is 1.35. The van der Waals surface area contributed by atoms with E-state index < -0.39 is 0 Å². The van der Waals surface area contributed by atoms with Crippen LogP contribution in [-0.4, -0.2) is 9.78 Å². The molecule has 3 nitrogen and oxygen atoms in total. The molecule has 0 atom stereocenters. The predicted molar refractivity (Wildman–Crippen MR) is 55.4 cm³/mol. The number of nitrogens with two attached hydrogens (primary N) is 1. The Kier molecular flexibility index (Phi) is 2.33. The first kappa shape index (κ1) is 8.97. The SMILES string of the molecule is Cn1nc[c]c1-c1ccc(CN)cc1. The summed E-state index contributed by atoms with van der Waals surface area (Å²) in [6.07, 6.45) is 1.67. The fourth-order valence-electron chi connectivity index (χ4n) is 1.40. The molecule has 3 heteroatoms. The lowest BCUT2D eigenvalue weighted by Gasteiger charge is -2.02. The Morgan fingerprint density at radius 2 is 2.07 bits per heavy atom. The highest BCUT2D eigenvalue weighted by Crippen LogP contribution is 2.17. The van der Waals surface area contributed by atoms with Crippen LogP contribution < -0.4 is 5.73 Å². The lowest BCUT2D eigenvalue weighted by Crippen LogP contribution is -1.96. The second-order valence-corrected chi connectivity index (χ2v) is 3.16. The minimum Gasteiger partial charge on any atom is -0.326 e. The third kappa shape index (κ3) is 1.54. The summed E-state index contributed by atoms with van der Waals surface area (Å²) < 4.78 is 1.80. The molecule has 0 fully saturated rings. The number of aryl methyl sites for hydroxylation is 1. The molecular formula is C11H12N3. The molecule has 0 aliphatic heterocycles. The average Bonchev–Trinajstić information content (AvgIpc) is 2.65. The quantitative estimate of drug-likeness (QED) is 0.769. The van der Waals surface area contributed by atoms with E-state index in [9.17, 15) is 0 Å². The van der Waals surface area contributed by atoms with Gasteiger partial charge in [-0.1, -0.05) is 24.3 Å². The van der Waals surface area contributed by atoms with Gasteiger partial charge in [-0.15, -0.1) is 0 Å². The highest BCUT2D eigenvalue weighted by Gasteiger charge is 2.01. The molecule has 0 amide bonds. The summed E-state index contributed by atoms with van der Waals surface area (Å²) in [6.45, 7) is 0.579. The Morgan fingerprint density at radius 3 is 2.57 bits per heavy atom. The molecule has 0 saturated carbocycles. The van der Waals surface area contributed by atoms with Crippen LogP contribution in [0.3, 0.4) is 0 Å². The van der Waals surface area contributed by atoms with E-state index >= 15 is 0 Å². The molecule has 2 aromatic rings. The fourth-order valence-corrected chi connectivity index (χ4v) is 1.40. The van der Waals surface area contributed by atoms with Crippen LogP contribution in [-0.2, 0) is 13.6 Å². The van der Waals surface area contributed by atoms with Crippen molar-refractivity contribution < 1.29 is 0 Å². The first-order chi connectivity index (χ1) is 6.81. The van der Waals surface area contributed by atoms with Crippen molar-refractivity contribution in [1.29, 1.82) is 0 Å². The van der Waals surface area contributed by atoms with Crippen molar-refractivity contribution in [3.8, 4) is 11.3 Å². The van der Waals surface area contributed by atoms with Crippen LogP contribution in [0.2, 0.25) is 0 Å². The van der Waals surface area contributed by atoms with Crippen molar-refractivity contribution in [2.45, 2.75) is 6.54 Å². The van der Waals surface area contributed by atoms with Gasteiger partial charge in [-0.3, -0.25) is 4.68 Å². The molecule has 0 spiro atoms. The molecule has 1 aromatic carbocycles.